The molecule has 0 saturated carbocycles. The summed E-state index contributed by atoms with van der Waals surface area (Å²) in [6.07, 6.45) is 3.13. The van der Waals surface area contributed by atoms with Crippen LogP contribution < -0.4 is 25.4 Å². The molecule has 0 atom stereocenters. The number of rotatable bonds is 8. The SMILES string of the molecule is CN=C(NCC(=O)Nc1cccnc1)NCc1cc(OC)ccc1OC(F)F.I. The Labute approximate surface area is 184 Å². The first-order valence-electron chi connectivity index (χ1n) is 8.28. The van der Waals surface area contributed by atoms with Gasteiger partial charge in [-0.05, 0) is 30.3 Å². The number of benzene rings is 1. The van der Waals surface area contributed by atoms with Gasteiger partial charge in [0.25, 0.3) is 0 Å². The highest BCUT2D eigenvalue weighted by Crippen LogP contribution is 2.25. The molecule has 29 heavy (non-hydrogen) atoms. The van der Waals surface area contributed by atoms with Crippen LogP contribution in [0.15, 0.2) is 47.7 Å². The zero-order chi connectivity index (χ0) is 20.4. The van der Waals surface area contributed by atoms with Gasteiger partial charge in [0.1, 0.15) is 11.5 Å². The van der Waals surface area contributed by atoms with E-state index in [0.29, 0.717) is 23.0 Å². The van der Waals surface area contributed by atoms with Crippen LogP contribution in [0, 0.1) is 0 Å². The van der Waals surface area contributed by atoms with Crippen LogP contribution in [-0.4, -0.2) is 44.2 Å². The Balaban J connectivity index is 0.00000420. The molecule has 158 valence electrons. The average molecular weight is 521 g/mol. The Morgan fingerprint density at radius 1 is 1.28 bits per heavy atom. The zero-order valence-electron chi connectivity index (χ0n) is 15.8. The molecular formula is C18H22F2IN5O3. The Morgan fingerprint density at radius 3 is 2.69 bits per heavy atom. The summed E-state index contributed by atoms with van der Waals surface area (Å²) in [7, 11) is 3.00. The summed E-state index contributed by atoms with van der Waals surface area (Å²) in [5.41, 5.74) is 1.02. The lowest BCUT2D eigenvalue weighted by molar-refractivity contribution is -0.115. The predicted octanol–water partition coefficient (Wildman–Crippen LogP) is 2.61. The van der Waals surface area contributed by atoms with Gasteiger partial charge in [-0.1, -0.05) is 0 Å². The molecule has 0 radical (unpaired) electrons. The summed E-state index contributed by atoms with van der Waals surface area (Å²) in [6, 6.07) is 7.92. The van der Waals surface area contributed by atoms with E-state index in [4.69, 9.17) is 4.74 Å². The van der Waals surface area contributed by atoms with E-state index in [0.717, 1.165) is 0 Å². The average Bonchev–Trinajstić information content (AvgIpc) is 2.69. The molecular weight excluding hydrogens is 499 g/mol. The van der Waals surface area contributed by atoms with Crippen molar-refractivity contribution in [2.24, 2.45) is 4.99 Å². The second-order valence-electron chi connectivity index (χ2n) is 5.42. The van der Waals surface area contributed by atoms with Gasteiger partial charge in [0.2, 0.25) is 5.91 Å². The number of anilines is 1. The monoisotopic (exact) mass is 521 g/mol. The number of aromatic nitrogens is 1. The van der Waals surface area contributed by atoms with E-state index >= 15 is 0 Å². The number of hydrogen-bond donors (Lipinski definition) is 3. The molecule has 1 aromatic heterocycles. The first-order valence-corrected chi connectivity index (χ1v) is 8.28. The summed E-state index contributed by atoms with van der Waals surface area (Å²) in [6.45, 7) is -2.86. The highest BCUT2D eigenvalue weighted by atomic mass is 127. The third-order valence-corrected chi connectivity index (χ3v) is 3.52. The van der Waals surface area contributed by atoms with Crippen molar-refractivity contribution in [1.82, 2.24) is 15.6 Å². The molecule has 0 aliphatic rings. The third kappa shape index (κ3) is 8.46. The number of halogens is 3. The number of pyridine rings is 1. The van der Waals surface area contributed by atoms with Crippen LogP contribution in [0.5, 0.6) is 11.5 Å². The first-order chi connectivity index (χ1) is 13.5. The van der Waals surface area contributed by atoms with Gasteiger partial charge in [0.05, 0.1) is 25.5 Å². The highest BCUT2D eigenvalue weighted by Gasteiger charge is 2.12. The fourth-order valence-corrected chi connectivity index (χ4v) is 2.24. The van der Waals surface area contributed by atoms with Gasteiger partial charge in [0.15, 0.2) is 5.96 Å². The van der Waals surface area contributed by atoms with Crippen LogP contribution in [-0.2, 0) is 11.3 Å². The van der Waals surface area contributed by atoms with Crippen molar-refractivity contribution < 1.29 is 23.0 Å². The number of hydrogen-bond acceptors (Lipinski definition) is 5. The molecule has 0 spiro atoms. The minimum Gasteiger partial charge on any atom is -0.497 e. The lowest BCUT2D eigenvalue weighted by Crippen LogP contribution is -2.41. The van der Waals surface area contributed by atoms with Crippen molar-refractivity contribution in [2.75, 3.05) is 26.0 Å². The van der Waals surface area contributed by atoms with Crippen molar-refractivity contribution in [1.29, 1.82) is 0 Å². The number of guanidine groups is 1. The number of nitrogens with one attached hydrogen (secondary N) is 3. The van der Waals surface area contributed by atoms with Gasteiger partial charge in [-0.2, -0.15) is 8.78 Å². The third-order valence-electron chi connectivity index (χ3n) is 3.52. The van der Waals surface area contributed by atoms with Crippen LogP contribution in [0.2, 0.25) is 0 Å². The minimum atomic E-state index is -2.94. The van der Waals surface area contributed by atoms with Crippen LogP contribution >= 0.6 is 24.0 Å². The van der Waals surface area contributed by atoms with Gasteiger partial charge in [0, 0.05) is 25.4 Å². The maximum absolute atomic E-state index is 12.6. The summed E-state index contributed by atoms with van der Waals surface area (Å²) < 4.78 is 34.8. The molecule has 2 aromatic rings. The lowest BCUT2D eigenvalue weighted by atomic mass is 10.2. The van der Waals surface area contributed by atoms with Crippen LogP contribution in [0.3, 0.4) is 0 Å². The molecule has 0 aliphatic heterocycles. The van der Waals surface area contributed by atoms with Crippen molar-refractivity contribution >= 4 is 41.5 Å². The number of ether oxygens (including phenoxy) is 2. The highest BCUT2D eigenvalue weighted by molar-refractivity contribution is 14.0. The fraction of sp³-hybridized carbons (Fsp3) is 0.278. The van der Waals surface area contributed by atoms with E-state index in [1.807, 2.05) is 0 Å². The molecule has 0 aliphatic carbocycles. The Bertz CT molecular complexity index is 809. The number of methoxy groups -OCH3 is 1. The first kappa shape index (κ1) is 24.3. The molecule has 0 saturated heterocycles. The Kier molecular flexibility index (Phi) is 10.7. The van der Waals surface area contributed by atoms with E-state index in [1.54, 1.807) is 24.4 Å². The molecule has 0 bridgehead atoms. The van der Waals surface area contributed by atoms with E-state index in [9.17, 15) is 13.6 Å². The molecule has 0 unspecified atom stereocenters. The molecule has 0 fully saturated rings. The van der Waals surface area contributed by atoms with E-state index in [-0.39, 0.29) is 48.7 Å². The van der Waals surface area contributed by atoms with Gasteiger partial charge in [-0.3, -0.25) is 14.8 Å². The van der Waals surface area contributed by atoms with Crippen LogP contribution in [0.1, 0.15) is 5.56 Å². The number of aliphatic imine (C=N–C) groups is 1. The molecule has 1 heterocycles. The minimum absolute atomic E-state index is 0. The molecule has 1 amide bonds. The smallest absolute Gasteiger partial charge is 0.387 e. The maximum atomic E-state index is 12.6. The Hall–Kier alpha value is -2.70. The number of alkyl halides is 2. The standard InChI is InChI=1S/C18H21F2N5O3.HI/c1-21-18(24-11-16(26)25-13-4-3-7-22-10-13)23-9-12-8-14(27-2)5-6-15(12)28-17(19)20;/h3-8,10,17H,9,11H2,1-2H3,(H,25,26)(H2,21,23,24);1H. The van der Waals surface area contributed by atoms with E-state index in [2.05, 4.69) is 30.7 Å². The number of amides is 1. The van der Waals surface area contributed by atoms with Gasteiger partial charge in [-0.25, -0.2) is 0 Å². The topological polar surface area (TPSA) is 96.9 Å². The van der Waals surface area contributed by atoms with Gasteiger partial charge < -0.3 is 25.4 Å². The fourth-order valence-electron chi connectivity index (χ4n) is 2.24. The Morgan fingerprint density at radius 2 is 2.07 bits per heavy atom. The summed E-state index contributed by atoms with van der Waals surface area (Å²) in [4.78, 5) is 19.9. The van der Waals surface area contributed by atoms with Gasteiger partial charge in [-0.15, -0.1) is 24.0 Å². The molecule has 11 heteroatoms. The lowest BCUT2D eigenvalue weighted by Gasteiger charge is -2.15. The maximum Gasteiger partial charge on any atom is 0.387 e. The predicted molar refractivity (Wildman–Crippen MR) is 116 cm³/mol. The second kappa shape index (κ2) is 12.7. The van der Waals surface area contributed by atoms with Crippen molar-refractivity contribution in [3.8, 4) is 11.5 Å². The summed E-state index contributed by atoms with van der Waals surface area (Å²) >= 11 is 0. The van der Waals surface area contributed by atoms with Gasteiger partial charge >= 0.3 is 6.61 Å². The second-order valence-corrected chi connectivity index (χ2v) is 5.42. The number of carbonyl (C=O) groups excluding carboxylic acids is 1. The van der Waals surface area contributed by atoms with E-state index in [1.165, 1.54) is 32.5 Å². The molecule has 1 aromatic carbocycles. The van der Waals surface area contributed by atoms with E-state index < -0.39 is 6.61 Å². The number of nitrogens with zero attached hydrogens (tertiary/aromatic N) is 2. The normalized spacial score (nSPS) is 10.7. The quantitative estimate of drug-likeness (QED) is 0.281. The molecule has 3 N–H and O–H groups in total. The molecule has 8 nitrogen and oxygen atoms in total. The van der Waals surface area contributed by atoms with Crippen LogP contribution in [0.25, 0.3) is 0 Å². The number of carbonyl (C=O) groups is 1. The summed E-state index contributed by atoms with van der Waals surface area (Å²) in [5, 5.41) is 8.45. The van der Waals surface area contributed by atoms with Crippen molar-refractivity contribution in [2.45, 2.75) is 13.2 Å². The van der Waals surface area contributed by atoms with Crippen molar-refractivity contribution in [3.63, 3.8) is 0 Å². The summed E-state index contributed by atoms with van der Waals surface area (Å²) in [5.74, 6) is 0.538. The zero-order valence-corrected chi connectivity index (χ0v) is 18.1. The van der Waals surface area contributed by atoms with Crippen LogP contribution in [0.4, 0.5) is 14.5 Å². The molecule has 2 rings (SSSR count). The largest absolute Gasteiger partial charge is 0.497 e. The van der Waals surface area contributed by atoms with Crippen molar-refractivity contribution in [3.05, 3.63) is 48.3 Å².